The number of halogens is 3. The lowest BCUT2D eigenvalue weighted by Gasteiger charge is -2.37. The molecule has 0 radical (unpaired) electrons. The van der Waals surface area contributed by atoms with Crippen LogP contribution in [0.1, 0.15) is 11.3 Å². The normalized spacial score (nSPS) is 22.8. The molecule has 0 saturated heterocycles. The summed E-state index contributed by atoms with van der Waals surface area (Å²) >= 11 is 5.70. The molecule has 10 heteroatoms. The van der Waals surface area contributed by atoms with Crippen LogP contribution in [0.2, 0.25) is 5.15 Å². The zero-order valence-electron chi connectivity index (χ0n) is 15.3. The van der Waals surface area contributed by atoms with E-state index in [1.807, 2.05) is 0 Å². The van der Waals surface area contributed by atoms with E-state index in [2.05, 4.69) is 25.3 Å². The zero-order chi connectivity index (χ0) is 20.4. The zero-order valence-corrected chi connectivity index (χ0v) is 16.0. The quantitative estimate of drug-likeness (QED) is 0.726. The Balaban J connectivity index is 1.47. The molecule has 0 spiro atoms. The van der Waals surface area contributed by atoms with Crippen molar-refractivity contribution in [3.05, 3.63) is 59.2 Å². The lowest BCUT2D eigenvalue weighted by atomic mass is 10.00. The van der Waals surface area contributed by atoms with E-state index in [-0.39, 0.29) is 30.4 Å². The van der Waals surface area contributed by atoms with Crippen molar-refractivity contribution in [3.63, 3.8) is 0 Å². The molecule has 3 heterocycles. The molecule has 2 aliphatic heterocycles. The van der Waals surface area contributed by atoms with E-state index in [0.717, 1.165) is 0 Å². The predicted octanol–water partition coefficient (Wildman–Crippen LogP) is 3.35. The van der Waals surface area contributed by atoms with Gasteiger partial charge in [0.15, 0.2) is 0 Å². The average Bonchev–Trinajstić information content (AvgIpc) is 2.71. The summed E-state index contributed by atoms with van der Waals surface area (Å²) in [7, 11) is 1.43. The summed E-state index contributed by atoms with van der Waals surface area (Å²) < 4.78 is 39.1. The first-order chi connectivity index (χ1) is 14.0. The van der Waals surface area contributed by atoms with Crippen LogP contribution in [0, 0.1) is 5.92 Å². The second-order valence-corrected chi connectivity index (χ2v) is 6.74. The highest BCUT2D eigenvalue weighted by molar-refractivity contribution is 6.29. The maximum absolute atomic E-state index is 15.2. The summed E-state index contributed by atoms with van der Waals surface area (Å²) in [6.07, 6.45) is 5.78. The van der Waals surface area contributed by atoms with Gasteiger partial charge in [-0.15, -0.1) is 0 Å². The van der Waals surface area contributed by atoms with Gasteiger partial charge in [-0.2, -0.15) is 8.78 Å². The highest BCUT2D eigenvalue weighted by Gasteiger charge is 2.44. The maximum atomic E-state index is 15.2. The first-order valence-corrected chi connectivity index (χ1v) is 9.07. The number of amidine groups is 1. The Morgan fingerprint density at radius 3 is 2.79 bits per heavy atom. The highest BCUT2D eigenvalue weighted by atomic mass is 35.5. The van der Waals surface area contributed by atoms with Crippen molar-refractivity contribution >= 4 is 23.4 Å². The van der Waals surface area contributed by atoms with Crippen molar-refractivity contribution < 1.29 is 18.3 Å². The topological polar surface area (TPSA) is 81.0 Å². The molecule has 0 fully saturated rings. The molecule has 1 aromatic heterocycles. The average molecular weight is 420 g/mol. The fourth-order valence-corrected chi connectivity index (χ4v) is 3.02. The van der Waals surface area contributed by atoms with Crippen LogP contribution in [-0.2, 0) is 12.5 Å². The maximum Gasteiger partial charge on any atom is 0.308 e. The summed E-state index contributed by atoms with van der Waals surface area (Å²) in [5.41, 5.74) is 0.797. The van der Waals surface area contributed by atoms with Gasteiger partial charge < -0.3 is 14.8 Å². The van der Waals surface area contributed by atoms with Crippen LogP contribution in [-0.4, -0.2) is 35.4 Å². The van der Waals surface area contributed by atoms with Crippen molar-refractivity contribution in [2.24, 2.45) is 15.9 Å². The van der Waals surface area contributed by atoms with Gasteiger partial charge >= 0.3 is 5.92 Å². The number of hydrogen-bond acceptors (Lipinski definition) is 7. The number of hydrogen-bond donors (Lipinski definition) is 1. The molecule has 2 aliphatic rings. The number of aromatic nitrogens is 2. The highest BCUT2D eigenvalue weighted by Crippen LogP contribution is 2.39. The number of ether oxygens (including phenoxy) is 2. The van der Waals surface area contributed by atoms with E-state index in [9.17, 15) is 4.39 Å². The third-order valence-electron chi connectivity index (χ3n) is 4.41. The molecule has 1 unspecified atom stereocenters. The Hall–Kier alpha value is -3.07. The number of rotatable bonds is 6. The summed E-state index contributed by atoms with van der Waals surface area (Å²) in [6, 6.07) is 4.71. The first-order valence-electron chi connectivity index (χ1n) is 8.69. The monoisotopic (exact) mass is 419 g/mol. The van der Waals surface area contributed by atoms with E-state index in [4.69, 9.17) is 21.1 Å². The molecule has 2 aromatic rings. The Kier molecular flexibility index (Phi) is 5.14. The van der Waals surface area contributed by atoms with E-state index in [1.165, 1.54) is 31.6 Å². The minimum absolute atomic E-state index is 0.166. The van der Waals surface area contributed by atoms with E-state index < -0.39 is 11.9 Å². The minimum atomic E-state index is -2.13. The van der Waals surface area contributed by atoms with Crippen molar-refractivity contribution in [2.45, 2.75) is 12.5 Å². The molecule has 7 nitrogen and oxygen atoms in total. The fraction of sp³-hybridized carbons (Fsp3) is 0.263. The summed E-state index contributed by atoms with van der Waals surface area (Å²) in [5.74, 6) is -1.82. The van der Waals surface area contributed by atoms with Gasteiger partial charge in [-0.1, -0.05) is 17.7 Å². The van der Waals surface area contributed by atoms with Gasteiger partial charge in [-0.3, -0.25) is 9.98 Å². The predicted molar refractivity (Wildman–Crippen MR) is 104 cm³/mol. The fourth-order valence-electron chi connectivity index (χ4n) is 2.92. The molecule has 0 saturated carbocycles. The number of dihydropyridines is 1. The standard InChI is InChI=1S/C19H16ClF2N5O2/c1-28-15-6-13(29-10-12-8-24-16(20)9-23-12)3-4-14(15)19(22)26-18(27-19)11-2-5-17(21)25-7-11/h2-6,8-9,11H,7,10H2,1H3,(H,26,27)/t11-/m1/s1. The van der Waals surface area contributed by atoms with Crippen LogP contribution in [0.15, 0.2) is 52.7 Å². The molecule has 0 amide bonds. The summed E-state index contributed by atoms with van der Waals surface area (Å²) in [6.45, 7) is 0.348. The van der Waals surface area contributed by atoms with E-state index >= 15 is 4.39 Å². The lowest BCUT2D eigenvalue weighted by molar-refractivity contribution is 0.119. The Morgan fingerprint density at radius 1 is 1.31 bits per heavy atom. The van der Waals surface area contributed by atoms with Gasteiger partial charge in [0, 0.05) is 6.07 Å². The summed E-state index contributed by atoms with van der Waals surface area (Å²) in [4.78, 5) is 15.8. The molecule has 1 N–H and O–H groups in total. The van der Waals surface area contributed by atoms with Crippen LogP contribution >= 0.6 is 11.6 Å². The van der Waals surface area contributed by atoms with Crippen molar-refractivity contribution in [3.8, 4) is 11.5 Å². The van der Waals surface area contributed by atoms with Crippen LogP contribution in [0.4, 0.5) is 8.78 Å². The van der Waals surface area contributed by atoms with Gasteiger partial charge in [0.25, 0.3) is 0 Å². The van der Waals surface area contributed by atoms with Crippen LogP contribution < -0.4 is 14.8 Å². The minimum Gasteiger partial charge on any atom is -0.496 e. The smallest absolute Gasteiger partial charge is 0.308 e. The lowest BCUT2D eigenvalue weighted by Crippen LogP contribution is -2.54. The Bertz CT molecular complexity index is 1010. The molecule has 1 aromatic carbocycles. The van der Waals surface area contributed by atoms with Crippen LogP contribution in [0.5, 0.6) is 11.5 Å². The second kappa shape index (κ2) is 7.75. The first kappa shape index (κ1) is 19.3. The van der Waals surface area contributed by atoms with Crippen LogP contribution in [0.25, 0.3) is 0 Å². The largest absolute Gasteiger partial charge is 0.496 e. The number of nitrogens with one attached hydrogen (secondary N) is 1. The Labute approximate surface area is 170 Å². The molecule has 0 aliphatic carbocycles. The number of nitrogens with zero attached hydrogens (tertiary/aromatic N) is 4. The van der Waals surface area contributed by atoms with Crippen molar-refractivity contribution in [2.75, 3.05) is 13.7 Å². The van der Waals surface area contributed by atoms with Gasteiger partial charge in [0.2, 0.25) is 5.97 Å². The third kappa shape index (κ3) is 4.04. The van der Waals surface area contributed by atoms with Gasteiger partial charge in [-0.05, 0) is 18.2 Å². The Morgan fingerprint density at radius 2 is 2.14 bits per heavy atom. The number of alkyl halides is 1. The van der Waals surface area contributed by atoms with Gasteiger partial charge in [0.05, 0.1) is 43.2 Å². The number of benzene rings is 1. The third-order valence-corrected chi connectivity index (χ3v) is 4.61. The van der Waals surface area contributed by atoms with Gasteiger partial charge in [-0.25, -0.2) is 9.98 Å². The molecule has 150 valence electrons. The number of allylic oxidation sites excluding steroid dienone is 1. The van der Waals surface area contributed by atoms with E-state index in [0.29, 0.717) is 22.4 Å². The molecule has 4 rings (SSSR count). The van der Waals surface area contributed by atoms with Crippen molar-refractivity contribution in [1.82, 2.24) is 15.3 Å². The molecular formula is C19H16ClF2N5O2. The number of methoxy groups -OCH3 is 1. The molecule has 0 bridgehead atoms. The molecule has 2 atom stereocenters. The molecular weight excluding hydrogens is 404 g/mol. The van der Waals surface area contributed by atoms with Crippen LogP contribution in [0.3, 0.4) is 0 Å². The van der Waals surface area contributed by atoms with E-state index in [1.54, 1.807) is 18.2 Å². The number of aliphatic imine (C=N–C) groups is 2. The summed E-state index contributed by atoms with van der Waals surface area (Å²) in [5, 5.41) is 3.00. The molecule has 29 heavy (non-hydrogen) atoms. The second-order valence-electron chi connectivity index (χ2n) is 6.35. The van der Waals surface area contributed by atoms with Gasteiger partial charge in [0.1, 0.15) is 29.1 Å². The van der Waals surface area contributed by atoms with Crippen molar-refractivity contribution in [1.29, 1.82) is 0 Å². The SMILES string of the molecule is COc1cc(OCc2cnc(Cl)cn2)ccc1C1(F)N=C([C@@H]2C=CC(F)=NC2)N1.